The van der Waals surface area contributed by atoms with Gasteiger partial charge in [-0.3, -0.25) is 5.10 Å². The van der Waals surface area contributed by atoms with Gasteiger partial charge >= 0.3 is 5.97 Å². The first-order chi connectivity index (χ1) is 8.90. The average molecular weight is 285 g/mol. The van der Waals surface area contributed by atoms with Gasteiger partial charge in [-0.05, 0) is 13.0 Å². The fourth-order valence-corrected chi connectivity index (χ4v) is 2.38. The van der Waals surface area contributed by atoms with Crippen LogP contribution in [0.5, 0.6) is 0 Å². The minimum atomic E-state index is -3.69. The van der Waals surface area contributed by atoms with Crippen molar-refractivity contribution < 1.29 is 22.7 Å². The summed E-state index contributed by atoms with van der Waals surface area (Å²) in [6.07, 6.45) is 2.40. The van der Waals surface area contributed by atoms with Crippen molar-refractivity contribution in [3.05, 3.63) is 35.5 Å². The van der Waals surface area contributed by atoms with Crippen LogP contribution in [0.3, 0.4) is 0 Å². The fourth-order valence-electron chi connectivity index (χ4n) is 1.48. The Morgan fingerprint density at radius 3 is 2.84 bits per heavy atom. The molecule has 0 aliphatic rings. The SMILES string of the molecule is Cc1oc(CNS(=O)(=O)c2cn[nH]c2)cc1C(=O)O. The first-order valence-corrected chi connectivity index (χ1v) is 6.69. The Hall–Kier alpha value is -2.13. The summed E-state index contributed by atoms with van der Waals surface area (Å²) in [5.74, 6) is -0.669. The molecule has 102 valence electrons. The number of nitrogens with zero attached hydrogens (tertiary/aromatic N) is 1. The summed E-state index contributed by atoms with van der Waals surface area (Å²) in [7, 11) is -3.69. The zero-order valence-corrected chi connectivity index (χ0v) is 10.7. The molecule has 2 rings (SSSR count). The Labute approximate surface area is 108 Å². The quantitative estimate of drug-likeness (QED) is 0.734. The highest BCUT2D eigenvalue weighted by Gasteiger charge is 2.18. The van der Waals surface area contributed by atoms with E-state index >= 15 is 0 Å². The molecule has 0 aliphatic heterocycles. The second-order valence-electron chi connectivity index (χ2n) is 3.75. The number of aromatic nitrogens is 2. The molecule has 9 heteroatoms. The van der Waals surface area contributed by atoms with Gasteiger partial charge in [0, 0.05) is 6.20 Å². The number of rotatable bonds is 5. The van der Waals surface area contributed by atoms with Crippen LogP contribution in [0.15, 0.2) is 27.8 Å². The number of carbonyl (C=O) groups is 1. The summed E-state index contributed by atoms with van der Waals surface area (Å²) in [4.78, 5) is 10.8. The van der Waals surface area contributed by atoms with Crippen molar-refractivity contribution in [2.24, 2.45) is 0 Å². The third-order valence-electron chi connectivity index (χ3n) is 2.42. The van der Waals surface area contributed by atoms with Gasteiger partial charge in [0.1, 0.15) is 22.0 Å². The van der Waals surface area contributed by atoms with Crippen LogP contribution >= 0.6 is 0 Å². The molecule has 0 aliphatic carbocycles. The molecular formula is C10H11N3O5S. The van der Waals surface area contributed by atoms with Crippen molar-refractivity contribution in [2.45, 2.75) is 18.4 Å². The van der Waals surface area contributed by atoms with Gasteiger partial charge in [-0.25, -0.2) is 17.9 Å². The molecule has 0 atom stereocenters. The Morgan fingerprint density at radius 1 is 1.58 bits per heavy atom. The average Bonchev–Trinajstić information content (AvgIpc) is 2.95. The molecule has 0 saturated heterocycles. The van der Waals surface area contributed by atoms with Crippen LogP contribution in [-0.4, -0.2) is 29.7 Å². The first kappa shape index (κ1) is 13.3. The minimum Gasteiger partial charge on any atom is -0.478 e. The predicted molar refractivity (Wildman–Crippen MR) is 63.0 cm³/mol. The zero-order valence-electron chi connectivity index (χ0n) is 9.87. The summed E-state index contributed by atoms with van der Waals surface area (Å²) in [6.45, 7) is 1.36. The van der Waals surface area contributed by atoms with Crippen LogP contribution in [0.2, 0.25) is 0 Å². The molecule has 2 aromatic rings. The Bertz CT molecular complexity index is 687. The summed E-state index contributed by atoms with van der Waals surface area (Å²) < 4.78 is 31.0. The number of aromatic amines is 1. The van der Waals surface area contributed by atoms with Gasteiger partial charge < -0.3 is 9.52 Å². The normalized spacial score (nSPS) is 11.6. The molecular weight excluding hydrogens is 274 g/mol. The fraction of sp³-hybridized carbons (Fsp3) is 0.200. The Balaban J connectivity index is 2.11. The second kappa shape index (κ2) is 4.86. The van der Waals surface area contributed by atoms with Crippen LogP contribution in [0.4, 0.5) is 0 Å². The molecule has 8 nitrogen and oxygen atoms in total. The predicted octanol–water partition coefficient (Wildman–Crippen LogP) is 0.488. The lowest BCUT2D eigenvalue weighted by Crippen LogP contribution is -2.22. The Morgan fingerprint density at radius 2 is 2.32 bits per heavy atom. The molecule has 3 N–H and O–H groups in total. The number of nitrogens with one attached hydrogen (secondary N) is 2. The third-order valence-corrected chi connectivity index (χ3v) is 3.79. The number of sulfonamides is 1. The van der Waals surface area contributed by atoms with E-state index in [0.717, 1.165) is 0 Å². The lowest BCUT2D eigenvalue weighted by atomic mass is 10.2. The van der Waals surface area contributed by atoms with E-state index in [4.69, 9.17) is 9.52 Å². The highest BCUT2D eigenvalue weighted by Crippen LogP contribution is 2.15. The van der Waals surface area contributed by atoms with Gasteiger partial charge in [0.25, 0.3) is 0 Å². The summed E-state index contributed by atoms with van der Waals surface area (Å²) in [5, 5.41) is 14.8. The molecule has 2 heterocycles. The number of hydrogen-bond acceptors (Lipinski definition) is 5. The number of carboxylic acid groups (broad SMARTS) is 1. The maximum Gasteiger partial charge on any atom is 0.339 e. The second-order valence-corrected chi connectivity index (χ2v) is 5.51. The van der Waals surface area contributed by atoms with Gasteiger partial charge in [-0.15, -0.1) is 0 Å². The molecule has 0 spiro atoms. The number of carboxylic acids is 1. The van der Waals surface area contributed by atoms with E-state index in [1.807, 2.05) is 0 Å². The highest BCUT2D eigenvalue weighted by molar-refractivity contribution is 7.89. The zero-order chi connectivity index (χ0) is 14.0. The summed E-state index contributed by atoms with van der Waals surface area (Å²) >= 11 is 0. The van der Waals surface area contributed by atoms with E-state index < -0.39 is 16.0 Å². The van der Waals surface area contributed by atoms with Crippen molar-refractivity contribution >= 4 is 16.0 Å². The maximum atomic E-state index is 11.8. The number of H-pyrrole nitrogens is 1. The van der Waals surface area contributed by atoms with Gasteiger partial charge in [0.05, 0.1) is 12.7 Å². The molecule has 19 heavy (non-hydrogen) atoms. The van der Waals surface area contributed by atoms with Crippen molar-refractivity contribution in [1.82, 2.24) is 14.9 Å². The van der Waals surface area contributed by atoms with Crippen molar-refractivity contribution in [1.29, 1.82) is 0 Å². The van der Waals surface area contributed by atoms with Crippen molar-refractivity contribution in [2.75, 3.05) is 0 Å². The van der Waals surface area contributed by atoms with Crippen LogP contribution in [-0.2, 0) is 16.6 Å². The Kier molecular flexibility index (Phi) is 3.40. The molecule has 0 bridgehead atoms. The molecule has 0 saturated carbocycles. The van der Waals surface area contributed by atoms with E-state index in [1.54, 1.807) is 0 Å². The molecule has 0 aromatic carbocycles. The van der Waals surface area contributed by atoms with Gasteiger partial charge in [0.15, 0.2) is 0 Å². The number of hydrogen-bond donors (Lipinski definition) is 3. The van der Waals surface area contributed by atoms with E-state index in [-0.39, 0.29) is 28.5 Å². The van der Waals surface area contributed by atoms with E-state index in [0.29, 0.717) is 0 Å². The highest BCUT2D eigenvalue weighted by atomic mass is 32.2. The number of aromatic carboxylic acids is 1. The molecule has 2 aromatic heterocycles. The van der Waals surface area contributed by atoms with Gasteiger partial charge in [0.2, 0.25) is 10.0 Å². The monoisotopic (exact) mass is 285 g/mol. The maximum absolute atomic E-state index is 11.8. The topological polar surface area (TPSA) is 125 Å². The van der Waals surface area contributed by atoms with Crippen LogP contribution < -0.4 is 4.72 Å². The smallest absolute Gasteiger partial charge is 0.339 e. The standard InChI is InChI=1S/C10H11N3O5S/c1-6-9(10(14)15)2-7(18-6)3-13-19(16,17)8-4-11-12-5-8/h2,4-5,13H,3H2,1H3,(H,11,12)(H,14,15). The third kappa shape index (κ3) is 2.83. The van der Waals surface area contributed by atoms with Crippen LogP contribution in [0.25, 0.3) is 0 Å². The molecule has 0 radical (unpaired) electrons. The van der Waals surface area contributed by atoms with Crippen molar-refractivity contribution in [3.63, 3.8) is 0 Å². The van der Waals surface area contributed by atoms with Crippen molar-refractivity contribution in [3.8, 4) is 0 Å². The van der Waals surface area contributed by atoms with E-state index in [1.165, 1.54) is 25.4 Å². The van der Waals surface area contributed by atoms with Crippen LogP contribution in [0.1, 0.15) is 21.9 Å². The first-order valence-electron chi connectivity index (χ1n) is 5.21. The molecule has 0 amide bonds. The largest absolute Gasteiger partial charge is 0.478 e. The summed E-state index contributed by atoms with van der Waals surface area (Å²) in [6, 6.07) is 1.29. The van der Waals surface area contributed by atoms with Gasteiger partial charge in [-0.2, -0.15) is 5.10 Å². The summed E-state index contributed by atoms with van der Waals surface area (Å²) in [5.41, 5.74) is 0.0116. The lowest BCUT2D eigenvalue weighted by Gasteiger charge is -2.01. The number of aryl methyl sites for hydroxylation is 1. The van der Waals surface area contributed by atoms with E-state index in [2.05, 4.69) is 14.9 Å². The van der Waals surface area contributed by atoms with E-state index in [9.17, 15) is 13.2 Å². The minimum absolute atomic E-state index is 0.00534. The molecule has 0 unspecified atom stereocenters. The van der Waals surface area contributed by atoms with Crippen LogP contribution in [0, 0.1) is 6.92 Å². The van der Waals surface area contributed by atoms with Gasteiger partial charge in [-0.1, -0.05) is 0 Å². The number of furan rings is 1. The molecule has 0 fully saturated rings. The lowest BCUT2D eigenvalue weighted by molar-refractivity contribution is 0.0695.